The Bertz CT molecular complexity index is 2250. The van der Waals surface area contributed by atoms with Crippen molar-refractivity contribution >= 4 is 34.5 Å². The topological polar surface area (TPSA) is 134 Å². The SMILES string of the molecule is CCC1=C[C@H]2CN(C1)Cc1c([nH]c3ccccc13)[C@@](C(=O)OC)(c1cc3c(cc1OC)N(C)[C@@H]1[C@@]34CCN3CC=C[C@@](CC)(C(OC(C)=O)[C@]1(O)C(=O)OC)[C@@H]34)C2. The fourth-order valence-corrected chi connectivity index (χ4v) is 12.8. The standard InChI is InChI=1S/C45H54N4O8/c1-8-27-19-28-22-44(40(51)55-6,36-30(25-48(23-27)24-28)29-13-10-11-14-33(29)46-36)32-20-31-34(21-35(32)54-5)47(4)38-43(31)16-18-49-17-12-15-42(9-2,37(43)49)39(57-26(3)50)45(38,53)41(52)56-7/h10-15,19-21,28,37-39,46,53H,8-9,16-18,22-25H2,1-7H3/t28-,37-,38-,39?,42-,43+,44+,45+/m1/s1. The third-order valence-corrected chi connectivity index (χ3v) is 14.8. The number of para-hydroxylation sites is 1. The van der Waals surface area contributed by atoms with Gasteiger partial charge in [-0.2, -0.15) is 0 Å². The maximum atomic E-state index is 15.2. The molecule has 0 radical (unpaired) electrons. The number of nitrogens with zero attached hydrogens (tertiary/aromatic N) is 3. The van der Waals surface area contributed by atoms with Crippen LogP contribution in [0.4, 0.5) is 5.69 Å². The summed E-state index contributed by atoms with van der Waals surface area (Å²) in [5.41, 5.74) is 1.05. The zero-order valence-corrected chi connectivity index (χ0v) is 34.0. The number of benzene rings is 2. The quantitative estimate of drug-likeness (QED) is 0.196. The van der Waals surface area contributed by atoms with Crippen LogP contribution >= 0.6 is 0 Å². The summed E-state index contributed by atoms with van der Waals surface area (Å²) in [6, 6.07) is 11.2. The number of H-pyrrole nitrogens is 1. The lowest BCUT2D eigenvalue weighted by atomic mass is 9.47. The second kappa shape index (κ2) is 13.2. The van der Waals surface area contributed by atoms with Gasteiger partial charge in [0, 0.05) is 90.9 Å². The minimum atomic E-state index is -2.27. The molecule has 12 nitrogen and oxygen atoms in total. The van der Waals surface area contributed by atoms with Gasteiger partial charge in [0.05, 0.1) is 27.4 Å². The molecule has 5 aliphatic heterocycles. The fourth-order valence-electron chi connectivity index (χ4n) is 12.8. The number of carbonyl (C=O) groups excluding carboxylic acids is 3. The van der Waals surface area contributed by atoms with E-state index in [0.29, 0.717) is 50.2 Å². The van der Waals surface area contributed by atoms with Crippen LogP contribution in [0, 0.1) is 11.3 Å². The highest BCUT2D eigenvalue weighted by Gasteiger charge is 2.80. The lowest BCUT2D eigenvalue weighted by Crippen LogP contribution is -2.81. The molecule has 2 bridgehead atoms. The summed E-state index contributed by atoms with van der Waals surface area (Å²) in [6.07, 6.45) is 7.67. The normalized spacial score (nSPS) is 34.9. The van der Waals surface area contributed by atoms with Gasteiger partial charge in [0.15, 0.2) is 6.10 Å². The Hall–Kier alpha value is -4.65. The third kappa shape index (κ3) is 4.80. The van der Waals surface area contributed by atoms with Crippen LogP contribution in [0.2, 0.25) is 0 Å². The molecule has 302 valence electrons. The number of nitrogens with one attached hydrogen (secondary N) is 1. The monoisotopic (exact) mass is 778 g/mol. The van der Waals surface area contributed by atoms with Crippen LogP contribution in [-0.4, -0.2) is 116 Å². The number of rotatable bonds is 7. The lowest BCUT2D eigenvalue weighted by Gasteiger charge is -2.63. The van der Waals surface area contributed by atoms with E-state index in [0.717, 1.165) is 52.9 Å². The van der Waals surface area contributed by atoms with E-state index in [9.17, 15) is 14.7 Å². The van der Waals surface area contributed by atoms with E-state index in [-0.39, 0.29) is 17.9 Å². The minimum Gasteiger partial charge on any atom is -0.496 e. The van der Waals surface area contributed by atoms with Crippen molar-refractivity contribution in [1.82, 2.24) is 14.8 Å². The van der Waals surface area contributed by atoms with Gasteiger partial charge >= 0.3 is 17.9 Å². The molecule has 2 fully saturated rings. The number of aliphatic hydroxyl groups is 1. The Morgan fingerprint density at radius 1 is 1.00 bits per heavy atom. The molecule has 2 N–H and O–H groups in total. The maximum Gasteiger partial charge on any atom is 0.344 e. The predicted octanol–water partition coefficient (Wildman–Crippen LogP) is 4.75. The van der Waals surface area contributed by atoms with Gasteiger partial charge in [0.25, 0.3) is 0 Å². The molecule has 1 aliphatic carbocycles. The van der Waals surface area contributed by atoms with Gasteiger partial charge in [-0.1, -0.05) is 55.8 Å². The molecule has 12 heteroatoms. The molecule has 1 saturated heterocycles. The van der Waals surface area contributed by atoms with E-state index in [4.69, 9.17) is 18.9 Å². The summed E-state index contributed by atoms with van der Waals surface area (Å²) in [7, 11) is 6.22. The van der Waals surface area contributed by atoms with Crippen molar-refractivity contribution in [2.75, 3.05) is 59.5 Å². The number of aromatic nitrogens is 1. The van der Waals surface area contributed by atoms with Crippen LogP contribution in [0.3, 0.4) is 0 Å². The predicted molar refractivity (Wildman–Crippen MR) is 214 cm³/mol. The van der Waals surface area contributed by atoms with Crippen LogP contribution < -0.4 is 9.64 Å². The van der Waals surface area contributed by atoms with Crippen LogP contribution in [0.15, 0.2) is 60.2 Å². The first-order valence-electron chi connectivity index (χ1n) is 20.3. The number of hydrogen-bond donors (Lipinski definition) is 2. The number of anilines is 1. The van der Waals surface area contributed by atoms with E-state index < -0.39 is 45.9 Å². The number of ether oxygens (including phenoxy) is 4. The molecular formula is C45H54N4O8. The first-order valence-corrected chi connectivity index (χ1v) is 20.3. The third-order valence-electron chi connectivity index (χ3n) is 14.8. The van der Waals surface area contributed by atoms with Gasteiger partial charge in [-0.15, -0.1) is 0 Å². The molecular weight excluding hydrogens is 725 g/mol. The van der Waals surface area contributed by atoms with Gasteiger partial charge in [0.1, 0.15) is 11.2 Å². The maximum absolute atomic E-state index is 15.2. The van der Waals surface area contributed by atoms with Crippen molar-refractivity contribution in [2.24, 2.45) is 11.3 Å². The Morgan fingerprint density at radius 2 is 1.77 bits per heavy atom. The molecule has 2 unspecified atom stereocenters. The van der Waals surface area contributed by atoms with Crippen molar-refractivity contribution < 1.29 is 38.4 Å². The van der Waals surface area contributed by atoms with Crippen LogP contribution in [0.1, 0.15) is 68.8 Å². The van der Waals surface area contributed by atoms with Gasteiger partial charge in [0.2, 0.25) is 5.60 Å². The Labute approximate surface area is 333 Å². The van der Waals surface area contributed by atoms with Gasteiger partial charge in [-0.25, -0.2) is 4.79 Å². The average Bonchev–Trinajstić information content (AvgIpc) is 3.87. The second-order valence-corrected chi connectivity index (χ2v) is 17.2. The van der Waals surface area contributed by atoms with Crippen LogP contribution in [0.25, 0.3) is 10.9 Å². The molecule has 3 aromatic rings. The number of fused-ring (bicyclic) bond motifs is 6. The Kier molecular flexibility index (Phi) is 8.77. The zero-order valence-electron chi connectivity index (χ0n) is 34.0. The number of likely N-dealkylation sites (N-methyl/N-ethyl adjacent to an activating group) is 1. The number of methoxy groups -OCH3 is 3. The van der Waals surface area contributed by atoms with Crippen molar-refractivity contribution in [3.05, 3.63) is 82.6 Å². The van der Waals surface area contributed by atoms with E-state index in [1.807, 2.05) is 37.1 Å². The van der Waals surface area contributed by atoms with Crippen LogP contribution in [0.5, 0.6) is 5.75 Å². The van der Waals surface area contributed by atoms with E-state index in [2.05, 4.69) is 58.1 Å². The van der Waals surface area contributed by atoms with Crippen molar-refractivity contribution in [1.29, 1.82) is 0 Å². The van der Waals surface area contributed by atoms with Crippen molar-refractivity contribution in [3.8, 4) is 5.75 Å². The Morgan fingerprint density at radius 3 is 2.47 bits per heavy atom. The van der Waals surface area contributed by atoms with Gasteiger partial charge in [-0.3, -0.25) is 19.4 Å². The molecule has 9 atom stereocenters. The smallest absolute Gasteiger partial charge is 0.344 e. The zero-order chi connectivity index (χ0) is 40.2. The highest BCUT2D eigenvalue weighted by Crippen LogP contribution is 2.68. The largest absolute Gasteiger partial charge is 0.496 e. The summed E-state index contributed by atoms with van der Waals surface area (Å²) in [5, 5.41) is 14.4. The molecule has 6 aliphatic rings. The Balaban J connectivity index is 1.37. The first kappa shape index (κ1) is 37.9. The van der Waals surface area contributed by atoms with Gasteiger partial charge < -0.3 is 33.9 Å². The van der Waals surface area contributed by atoms with Crippen molar-refractivity contribution in [2.45, 2.75) is 87.6 Å². The lowest BCUT2D eigenvalue weighted by molar-refractivity contribution is -0.228. The summed E-state index contributed by atoms with van der Waals surface area (Å²) in [6.45, 7) is 9.19. The molecule has 0 amide bonds. The highest BCUT2D eigenvalue weighted by atomic mass is 16.6. The molecule has 2 aromatic carbocycles. The molecule has 6 heterocycles. The molecule has 1 spiro atoms. The summed E-state index contributed by atoms with van der Waals surface area (Å²) < 4.78 is 23.9. The molecule has 1 aromatic heterocycles. The number of esters is 3. The van der Waals surface area contributed by atoms with E-state index in [1.54, 1.807) is 7.11 Å². The molecule has 1 saturated carbocycles. The fraction of sp³-hybridized carbons (Fsp3) is 0.533. The first-order chi connectivity index (χ1) is 27.4. The highest BCUT2D eigenvalue weighted by molar-refractivity contribution is 5.95. The number of hydrogen-bond acceptors (Lipinski definition) is 11. The summed E-state index contributed by atoms with van der Waals surface area (Å²) in [5.74, 6) is -1.31. The second-order valence-electron chi connectivity index (χ2n) is 17.2. The number of carbonyl (C=O) groups is 3. The van der Waals surface area contributed by atoms with Crippen molar-refractivity contribution in [3.63, 3.8) is 0 Å². The summed E-state index contributed by atoms with van der Waals surface area (Å²) >= 11 is 0. The minimum absolute atomic E-state index is 0.0284. The van der Waals surface area contributed by atoms with E-state index in [1.165, 1.54) is 26.7 Å². The van der Waals surface area contributed by atoms with Crippen LogP contribution in [-0.2, 0) is 46.0 Å². The van der Waals surface area contributed by atoms with Gasteiger partial charge in [-0.05, 0) is 61.4 Å². The average molecular weight is 779 g/mol. The molecule has 57 heavy (non-hydrogen) atoms. The van der Waals surface area contributed by atoms with E-state index >= 15 is 4.79 Å². The molecule has 9 rings (SSSR count). The summed E-state index contributed by atoms with van der Waals surface area (Å²) in [4.78, 5) is 53.1. The number of aromatic amines is 1.